The fraction of sp³-hybridized carbons (Fsp3) is 0.500. The Balaban J connectivity index is 3.15. The number of nitrogens with zero attached hydrogens (tertiary/aromatic N) is 1. The summed E-state index contributed by atoms with van der Waals surface area (Å²) in [6.45, 7) is 5.88. The Morgan fingerprint density at radius 3 is 2.55 bits per heavy atom. The first-order valence-electron chi connectivity index (χ1n) is 3.66. The zero-order valence-corrected chi connectivity index (χ0v) is 7.01. The summed E-state index contributed by atoms with van der Waals surface area (Å²) in [5.41, 5.74) is 2.42. The molecule has 0 aliphatic carbocycles. The van der Waals surface area contributed by atoms with E-state index in [-0.39, 0.29) is 0 Å². The molecule has 0 saturated heterocycles. The maximum atomic E-state index is 10.6. The van der Waals surface area contributed by atoms with Gasteiger partial charge >= 0.3 is 0 Å². The maximum absolute atomic E-state index is 10.6. The van der Waals surface area contributed by atoms with E-state index in [2.05, 4.69) is 10.2 Å². The Morgan fingerprint density at radius 1 is 1.55 bits per heavy atom. The fourth-order valence-electron chi connectivity index (χ4n) is 1.05. The lowest BCUT2D eigenvalue weighted by molar-refractivity contribution is 0.112. The summed E-state index contributed by atoms with van der Waals surface area (Å²) in [4.78, 5) is 10.6. The number of rotatable bonds is 2. The van der Waals surface area contributed by atoms with E-state index >= 15 is 0 Å². The van der Waals surface area contributed by atoms with Crippen LogP contribution in [-0.4, -0.2) is 16.5 Å². The lowest BCUT2D eigenvalue weighted by atomic mass is 10.1. The molecule has 0 atom stereocenters. The summed E-state index contributed by atoms with van der Waals surface area (Å²) in [6.07, 6.45) is 0.855. The van der Waals surface area contributed by atoms with Crippen molar-refractivity contribution in [1.82, 2.24) is 10.2 Å². The van der Waals surface area contributed by atoms with Gasteiger partial charge in [0.15, 0.2) is 6.29 Å². The summed E-state index contributed by atoms with van der Waals surface area (Å²) in [5.74, 6) is 0.306. The van der Waals surface area contributed by atoms with Crippen LogP contribution in [0.15, 0.2) is 0 Å². The van der Waals surface area contributed by atoms with Gasteiger partial charge in [-0.15, -0.1) is 0 Å². The van der Waals surface area contributed by atoms with E-state index < -0.39 is 0 Å². The Morgan fingerprint density at radius 2 is 2.18 bits per heavy atom. The van der Waals surface area contributed by atoms with E-state index in [1.165, 1.54) is 0 Å². The van der Waals surface area contributed by atoms with E-state index in [4.69, 9.17) is 0 Å². The van der Waals surface area contributed by atoms with E-state index in [1.54, 1.807) is 0 Å². The number of aldehydes is 1. The third-order valence-corrected chi connectivity index (χ3v) is 1.69. The molecule has 0 amide bonds. The summed E-state index contributed by atoms with van der Waals surface area (Å²) < 4.78 is 0. The minimum atomic E-state index is 0.306. The highest BCUT2D eigenvalue weighted by Gasteiger charge is 2.11. The smallest absolute Gasteiger partial charge is 0.153 e. The van der Waals surface area contributed by atoms with Crippen LogP contribution >= 0.6 is 0 Å². The summed E-state index contributed by atoms with van der Waals surface area (Å²) >= 11 is 0. The first-order chi connectivity index (χ1) is 5.16. The SMILES string of the molecule is Cc1[nH]nc(C(C)C)c1C=O. The van der Waals surface area contributed by atoms with Crippen molar-refractivity contribution in [3.63, 3.8) is 0 Å². The van der Waals surface area contributed by atoms with E-state index in [0.717, 1.165) is 17.7 Å². The first-order valence-corrected chi connectivity index (χ1v) is 3.66. The minimum absolute atomic E-state index is 0.306. The van der Waals surface area contributed by atoms with Crippen LogP contribution in [0, 0.1) is 6.92 Å². The number of aromatic nitrogens is 2. The molecule has 3 heteroatoms. The van der Waals surface area contributed by atoms with Gasteiger partial charge in [-0.05, 0) is 12.8 Å². The molecule has 11 heavy (non-hydrogen) atoms. The summed E-state index contributed by atoms with van der Waals surface area (Å²) in [6, 6.07) is 0. The Bertz CT molecular complexity index is 263. The van der Waals surface area contributed by atoms with Gasteiger partial charge in [0.25, 0.3) is 0 Å². The van der Waals surface area contributed by atoms with Crippen molar-refractivity contribution >= 4 is 6.29 Å². The molecule has 0 radical (unpaired) electrons. The fourth-order valence-corrected chi connectivity index (χ4v) is 1.05. The Labute approximate surface area is 65.8 Å². The molecule has 0 aromatic carbocycles. The van der Waals surface area contributed by atoms with Crippen molar-refractivity contribution in [2.24, 2.45) is 0 Å². The highest BCUT2D eigenvalue weighted by molar-refractivity contribution is 5.78. The van der Waals surface area contributed by atoms with E-state index in [9.17, 15) is 4.79 Å². The lowest BCUT2D eigenvalue weighted by Gasteiger charge is -1.98. The number of carbonyl (C=O) groups is 1. The predicted molar refractivity (Wildman–Crippen MR) is 42.8 cm³/mol. The van der Waals surface area contributed by atoms with Gasteiger partial charge in [-0.2, -0.15) is 5.10 Å². The van der Waals surface area contributed by atoms with Crippen LogP contribution in [0.1, 0.15) is 41.5 Å². The zero-order chi connectivity index (χ0) is 8.43. The highest BCUT2D eigenvalue weighted by atomic mass is 16.1. The number of H-pyrrole nitrogens is 1. The number of hydrogen-bond acceptors (Lipinski definition) is 2. The molecule has 1 aromatic heterocycles. The van der Waals surface area contributed by atoms with Gasteiger partial charge < -0.3 is 0 Å². The second kappa shape index (κ2) is 2.86. The molecule has 0 aliphatic heterocycles. The van der Waals surface area contributed by atoms with Crippen molar-refractivity contribution in [2.45, 2.75) is 26.7 Å². The number of carbonyl (C=O) groups excluding carboxylic acids is 1. The average Bonchev–Trinajstić information content (AvgIpc) is 2.30. The Kier molecular flexibility index (Phi) is 2.08. The topological polar surface area (TPSA) is 45.8 Å². The van der Waals surface area contributed by atoms with Crippen LogP contribution in [0.2, 0.25) is 0 Å². The average molecular weight is 152 g/mol. The molecule has 0 aliphatic rings. The number of aryl methyl sites for hydroxylation is 1. The monoisotopic (exact) mass is 152 g/mol. The third-order valence-electron chi connectivity index (χ3n) is 1.69. The molecule has 1 rings (SSSR count). The highest BCUT2D eigenvalue weighted by Crippen LogP contribution is 2.16. The van der Waals surface area contributed by atoms with Crippen LogP contribution < -0.4 is 0 Å². The molecular weight excluding hydrogens is 140 g/mol. The van der Waals surface area contributed by atoms with Crippen molar-refractivity contribution < 1.29 is 4.79 Å². The van der Waals surface area contributed by atoms with Gasteiger partial charge in [-0.3, -0.25) is 9.89 Å². The second-order valence-corrected chi connectivity index (χ2v) is 2.92. The van der Waals surface area contributed by atoms with E-state index in [0.29, 0.717) is 11.5 Å². The molecule has 1 heterocycles. The van der Waals surface area contributed by atoms with Crippen LogP contribution in [0.5, 0.6) is 0 Å². The molecule has 0 unspecified atom stereocenters. The van der Waals surface area contributed by atoms with E-state index in [1.807, 2.05) is 20.8 Å². The van der Waals surface area contributed by atoms with Crippen LogP contribution in [-0.2, 0) is 0 Å². The molecule has 0 bridgehead atoms. The molecule has 0 fully saturated rings. The minimum Gasteiger partial charge on any atom is -0.298 e. The van der Waals surface area contributed by atoms with Crippen molar-refractivity contribution in [3.05, 3.63) is 17.0 Å². The van der Waals surface area contributed by atoms with Gasteiger partial charge in [0.1, 0.15) is 0 Å². The number of aromatic amines is 1. The lowest BCUT2D eigenvalue weighted by Crippen LogP contribution is -1.93. The standard InChI is InChI=1S/C8H12N2O/c1-5(2)8-7(4-11)6(3)9-10-8/h4-5H,1-3H3,(H,9,10). The maximum Gasteiger partial charge on any atom is 0.153 e. The van der Waals surface area contributed by atoms with Crippen molar-refractivity contribution in [3.8, 4) is 0 Å². The van der Waals surface area contributed by atoms with Crippen molar-refractivity contribution in [2.75, 3.05) is 0 Å². The molecule has 60 valence electrons. The molecule has 0 saturated carbocycles. The number of hydrogen-bond donors (Lipinski definition) is 1. The third kappa shape index (κ3) is 1.31. The second-order valence-electron chi connectivity index (χ2n) is 2.92. The summed E-state index contributed by atoms with van der Waals surface area (Å²) in [7, 11) is 0. The number of nitrogens with one attached hydrogen (secondary N) is 1. The summed E-state index contributed by atoms with van der Waals surface area (Å²) in [5, 5.41) is 6.82. The van der Waals surface area contributed by atoms with Gasteiger partial charge in [0.05, 0.1) is 11.3 Å². The van der Waals surface area contributed by atoms with Crippen LogP contribution in [0.3, 0.4) is 0 Å². The Hall–Kier alpha value is -1.12. The molecule has 1 N–H and O–H groups in total. The van der Waals surface area contributed by atoms with Crippen LogP contribution in [0.25, 0.3) is 0 Å². The molecule has 3 nitrogen and oxygen atoms in total. The van der Waals surface area contributed by atoms with Crippen molar-refractivity contribution in [1.29, 1.82) is 0 Å². The van der Waals surface area contributed by atoms with Gasteiger partial charge in [0, 0.05) is 5.69 Å². The largest absolute Gasteiger partial charge is 0.298 e. The van der Waals surface area contributed by atoms with Gasteiger partial charge in [-0.25, -0.2) is 0 Å². The predicted octanol–water partition coefficient (Wildman–Crippen LogP) is 1.65. The normalized spacial score (nSPS) is 10.5. The quantitative estimate of drug-likeness (QED) is 0.655. The zero-order valence-electron chi connectivity index (χ0n) is 7.01. The molecule has 0 spiro atoms. The molecule has 1 aromatic rings. The molecular formula is C8H12N2O. The first kappa shape index (κ1) is 7.98. The van der Waals surface area contributed by atoms with Crippen LogP contribution in [0.4, 0.5) is 0 Å². The van der Waals surface area contributed by atoms with Gasteiger partial charge in [-0.1, -0.05) is 13.8 Å². The van der Waals surface area contributed by atoms with Gasteiger partial charge in [0.2, 0.25) is 0 Å².